The molecule has 3 amide bonds. The summed E-state index contributed by atoms with van der Waals surface area (Å²) >= 11 is 1.40. The van der Waals surface area contributed by atoms with Gasteiger partial charge in [0.1, 0.15) is 0 Å². The lowest BCUT2D eigenvalue weighted by Crippen LogP contribution is -2.39. The number of likely N-dealkylation sites (tertiary alicyclic amines) is 1. The van der Waals surface area contributed by atoms with Crippen molar-refractivity contribution in [1.29, 1.82) is 0 Å². The molecule has 6 heteroatoms. The normalized spacial score (nSPS) is 31.1. The number of imide groups is 1. The van der Waals surface area contributed by atoms with Gasteiger partial charge in [0.25, 0.3) is 5.91 Å². The van der Waals surface area contributed by atoms with Crippen LogP contribution in [0, 0.1) is 30.6 Å². The summed E-state index contributed by atoms with van der Waals surface area (Å²) in [6.45, 7) is 2.46. The maximum Gasteiger partial charge on any atom is 0.261 e. The van der Waals surface area contributed by atoms with Crippen molar-refractivity contribution in [3.05, 3.63) is 34.0 Å². The maximum absolute atomic E-state index is 12.5. The van der Waals surface area contributed by atoms with Crippen molar-refractivity contribution >= 4 is 29.1 Å². The first-order valence-electron chi connectivity index (χ1n) is 7.94. The van der Waals surface area contributed by atoms with Gasteiger partial charge in [0.2, 0.25) is 11.8 Å². The molecule has 1 N–H and O–H groups in total. The van der Waals surface area contributed by atoms with E-state index in [9.17, 15) is 14.4 Å². The van der Waals surface area contributed by atoms with E-state index < -0.39 is 0 Å². The average molecular weight is 330 g/mol. The molecule has 120 valence electrons. The molecule has 1 aromatic rings. The zero-order valence-electron chi connectivity index (χ0n) is 12.8. The number of hydrogen-bond acceptors (Lipinski definition) is 4. The summed E-state index contributed by atoms with van der Waals surface area (Å²) in [5.74, 6) is -0.111. The monoisotopic (exact) mass is 330 g/mol. The van der Waals surface area contributed by atoms with Crippen molar-refractivity contribution < 1.29 is 14.4 Å². The molecule has 0 spiro atoms. The first-order chi connectivity index (χ1) is 11.1. The number of nitrogens with zero attached hydrogens (tertiary/aromatic N) is 1. The third-order valence-electron chi connectivity index (χ3n) is 5.25. The summed E-state index contributed by atoms with van der Waals surface area (Å²) in [6.07, 6.45) is 5.11. The van der Waals surface area contributed by atoms with Crippen LogP contribution in [0.5, 0.6) is 0 Å². The number of nitrogens with one attached hydrogen (secondary N) is 1. The minimum Gasteiger partial charge on any atom is -0.350 e. The largest absolute Gasteiger partial charge is 0.350 e. The Morgan fingerprint density at radius 2 is 1.91 bits per heavy atom. The number of hydrogen-bond donors (Lipinski definition) is 1. The Kier molecular flexibility index (Phi) is 3.37. The van der Waals surface area contributed by atoms with E-state index in [1.807, 2.05) is 18.4 Å². The van der Waals surface area contributed by atoms with Crippen LogP contribution in [0.25, 0.3) is 0 Å². The maximum atomic E-state index is 12.5. The minimum absolute atomic E-state index is 0.0570. The van der Waals surface area contributed by atoms with Crippen LogP contribution in [0.2, 0.25) is 0 Å². The number of rotatable bonds is 4. The number of allylic oxidation sites excluding steroid dienone is 2. The molecule has 0 radical (unpaired) electrons. The van der Waals surface area contributed by atoms with Crippen molar-refractivity contribution in [2.75, 3.05) is 13.1 Å². The zero-order valence-corrected chi connectivity index (χ0v) is 13.6. The fourth-order valence-electron chi connectivity index (χ4n) is 4.15. The van der Waals surface area contributed by atoms with Gasteiger partial charge in [-0.3, -0.25) is 19.3 Å². The lowest BCUT2D eigenvalue weighted by atomic mass is 9.85. The Hall–Kier alpha value is -1.95. The molecule has 2 bridgehead atoms. The van der Waals surface area contributed by atoms with E-state index >= 15 is 0 Å². The Morgan fingerprint density at radius 3 is 2.48 bits per heavy atom. The van der Waals surface area contributed by atoms with Gasteiger partial charge in [0.05, 0.1) is 16.7 Å². The number of aryl methyl sites for hydroxylation is 1. The van der Waals surface area contributed by atoms with Gasteiger partial charge in [-0.15, -0.1) is 11.3 Å². The number of carbonyl (C=O) groups excluding carboxylic acids is 3. The number of thiophene rings is 1. The van der Waals surface area contributed by atoms with E-state index in [4.69, 9.17) is 0 Å². The standard InChI is InChI=1S/C17H18N2O3S/c1-9-4-7-23-14(9)15(20)18-5-6-19-16(21)12-10-2-3-11(8-10)13(12)17(19)22/h2-4,7,10-13H,5-6,8H2,1H3,(H,18,20)/t10-,11-,12+,13+/m0/s1. The van der Waals surface area contributed by atoms with Crippen LogP contribution in [0.15, 0.2) is 23.6 Å². The molecular formula is C17H18N2O3S. The lowest BCUT2D eigenvalue weighted by molar-refractivity contribution is -0.140. The van der Waals surface area contributed by atoms with E-state index in [0.717, 1.165) is 12.0 Å². The predicted octanol–water partition coefficient (Wildman–Crippen LogP) is 1.59. The van der Waals surface area contributed by atoms with E-state index in [1.54, 1.807) is 0 Å². The molecule has 1 aromatic heterocycles. The zero-order chi connectivity index (χ0) is 16.1. The first kappa shape index (κ1) is 14.6. The van der Waals surface area contributed by atoms with E-state index in [1.165, 1.54) is 16.2 Å². The third kappa shape index (κ3) is 2.16. The molecule has 4 rings (SSSR count). The highest BCUT2D eigenvalue weighted by Gasteiger charge is 2.58. The van der Waals surface area contributed by atoms with E-state index in [0.29, 0.717) is 11.4 Å². The summed E-state index contributed by atoms with van der Waals surface area (Å²) in [4.78, 5) is 39.1. The highest BCUT2D eigenvalue weighted by atomic mass is 32.1. The van der Waals surface area contributed by atoms with Crippen LogP contribution in [-0.4, -0.2) is 35.7 Å². The molecule has 2 aliphatic carbocycles. The minimum atomic E-state index is -0.159. The summed E-state index contributed by atoms with van der Waals surface area (Å²) < 4.78 is 0. The van der Waals surface area contributed by atoms with Crippen LogP contribution in [0.3, 0.4) is 0 Å². The SMILES string of the molecule is Cc1ccsc1C(=O)NCCN1C(=O)[C@H]2[C@H](C1=O)[C@H]1C=C[C@H]2C1. The van der Waals surface area contributed by atoms with Gasteiger partial charge in [-0.2, -0.15) is 0 Å². The lowest BCUT2D eigenvalue weighted by Gasteiger charge is -2.17. The van der Waals surface area contributed by atoms with Gasteiger partial charge in [0.15, 0.2) is 0 Å². The van der Waals surface area contributed by atoms with E-state index in [-0.39, 0.29) is 47.9 Å². The second-order valence-electron chi connectivity index (χ2n) is 6.52. The smallest absolute Gasteiger partial charge is 0.261 e. The van der Waals surface area contributed by atoms with Crippen LogP contribution in [0.4, 0.5) is 0 Å². The summed E-state index contributed by atoms with van der Waals surface area (Å²) in [5.41, 5.74) is 0.943. The fourth-order valence-corrected chi connectivity index (χ4v) is 4.99. The molecule has 23 heavy (non-hydrogen) atoms. The number of amides is 3. The van der Waals surface area contributed by atoms with Crippen molar-refractivity contribution in [3.63, 3.8) is 0 Å². The summed E-state index contributed by atoms with van der Waals surface area (Å²) in [5, 5.41) is 4.68. The second-order valence-corrected chi connectivity index (χ2v) is 7.43. The molecule has 1 saturated heterocycles. The van der Waals surface area contributed by atoms with Gasteiger partial charge in [0, 0.05) is 13.1 Å². The van der Waals surface area contributed by atoms with Crippen molar-refractivity contribution in [3.8, 4) is 0 Å². The summed E-state index contributed by atoms with van der Waals surface area (Å²) in [7, 11) is 0. The first-order valence-corrected chi connectivity index (χ1v) is 8.81. The van der Waals surface area contributed by atoms with Gasteiger partial charge in [-0.25, -0.2) is 0 Å². The molecule has 5 nitrogen and oxygen atoms in total. The quantitative estimate of drug-likeness (QED) is 0.673. The molecular weight excluding hydrogens is 312 g/mol. The molecule has 4 atom stereocenters. The van der Waals surface area contributed by atoms with Crippen molar-refractivity contribution in [1.82, 2.24) is 10.2 Å². The highest BCUT2D eigenvalue weighted by molar-refractivity contribution is 7.12. The Bertz CT molecular complexity index is 693. The van der Waals surface area contributed by atoms with Crippen molar-refractivity contribution in [2.45, 2.75) is 13.3 Å². The Morgan fingerprint density at radius 1 is 1.26 bits per heavy atom. The van der Waals surface area contributed by atoms with Crippen LogP contribution in [-0.2, 0) is 9.59 Å². The molecule has 2 fully saturated rings. The highest BCUT2D eigenvalue weighted by Crippen LogP contribution is 2.52. The molecule has 2 heterocycles. The fraction of sp³-hybridized carbons (Fsp3) is 0.471. The van der Waals surface area contributed by atoms with Gasteiger partial charge in [-0.1, -0.05) is 12.2 Å². The second kappa shape index (κ2) is 5.30. The number of carbonyl (C=O) groups is 3. The topological polar surface area (TPSA) is 66.5 Å². The van der Waals surface area contributed by atoms with Gasteiger partial charge < -0.3 is 5.32 Å². The number of fused-ring (bicyclic) bond motifs is 5. The average Bonchev–Trinajstić information content (AvgIpc) is 3.27. The predicted molar refractivity (Wildman–Crippen MR) is 85.8 cm³/mol. The van der Waals surface area contributed by atoms with Gasteiger partial charge >= 0.3 is 0 Å². The molecule has 0 aromatic carbocycles. The van der Waals surface area contributed by atoms with Crippen LogP contribution in [0.1, 0.15) is 21.7 Å². The third-order valence-corrected chi connectivity index (χ3v) is 6.27. The van der Waals surface area contributed by atoms with Crippen LogP contribution < -0.4 is 5.32 Å². The Labute approximate surface area is 138 Å². The molecule has 1 aliphatic heterocycles. The molecule has 0 unspecified atom stereocenters. The van der Waals surface area contributed by atoms with Crippen molar-refractivity contribution in [2.24, 2.45) is 23.7 Å². The van der Waals surface area contributed by atoms with E-state index in [2.05, 4.69) is 17.5 Å². The van der Waals surface area contributed by atoms with Gasteiger partial charge in [-0.05, 0) is 42.2 Å². The molecule has 3 aliphatic rings. The Balaban J connectivity index is 1.37. The molecule has 1 saturated carbocycles. The summed E-state index contributed by atoms with van der Waals surface area (Å²) in [6, 6.07) is 1.90. The van der Waals surface area contributed by atoms with Crippen LogP contribution >= 0.6 is 11.3 Å².